The first-order valence-electron chi connectivity index (χ1n) is 9.27. The Morgan fingerprint density at radius 3 is 1.73 bits per heavy atom. The van der Waals surface area contributed by atoms with Crippen LogP contribution in [0.4, 0.5) is 8.78 Å². The molecule has 0 aliphatic heterocycles. The maximum Gasteiger partial charge on any atom is 0.123 e. The molecule has 0 unspecified atom stereocenters. The predicted octanol–water partition coefficient (Wildman–Crippen LogP) is 5.04. The average molecular weight is 399 g/mol. The van der Waals surface area contributed by atoms with Crippen molar-refractivity contribution in [2.45, 2.75) is 0 Å². The molecule has 3 aromatic carbocycles. The van der Waals surface area contributed by atoms with Gasteiger partial charge in [0.25, 0.3) is 0 Å². The van der Waals surface area contributed by atoms with Crippen LogP contribution in [0.3, 0.4) is 0 Å². The van der Waals surface area contributed by atoms with Crippen LogP contribution in [0.25, 0.3) is 44.8 Å². The Morgan fingerprint density at radius 2 is 1.20 bits per heavy atom. The zero-order valence-corrected chi connectivity index (χ0v) is 15.9. The van der Waals surface area contributed by atoms with Crippen molar-refractivity contribution in [3.63, 3.8) is 0 Å². The molecule has 0 fully saturated rings. The summed E-state index contributed by atoms with van der Waals surface area (Å²) in [6.07, 6.45) is 1.82. The molecule has 2 aromatic heterocycles. The topological polar surface area (TPSA) is 56.5 Å². The van der Waals surface area contributed by atoms with E-state index in [0.29, 0.717) is 22.4 Å². The van der Waals surface area contributed by atoms with Crippen LogP contribution >= 0.6 is 0 Å². The normalized spacial score (nSPS) is 11.2. The van der Waals surface area contributed by atoms with Gasteiger partial charge in [-0.1, -0.05) is 11.3 Å². The monoisotopic (exact) mass is 399 g/mol. The lowest BCUT2D eigenvalue weighted by Gasteiger charge is -2.11. The van der Waals surface area contributed by atoms with Gasteiger partial charge in [0.2, 0.25) is 0 Å². The second kappa shape index (κ2) is 7.11. The molecule has 2 heterocycles. The molecule has 0 bridgehead atoms. The van der Waals surface area contributed by atoms with Gasteiger partial charge < -0.3 is 0 Å². The lowest BCUT2D eigenvalue weighted by molar-refractivity contribution is 0.627. The summed E-state index contributed by atoms with van der Waals surface area (Å²) in [5.74, 6) is -0.662. The number of hydrogen-bond donors (Lipinski definition) is 0. The van der Waals surface area contributed by atoms with Gasteiger partial charge in [0.15, 0.2) is 0 Å². The Morgan fingerprint density at radius 1 is 0.667 bits per heavy atom. The van der Waals surface area contributed by atoms with Crippen molar-refractivity contribution in [2.24, 2.45) is 7.05 Å². The summed E-state index contributed by atoms with van der Waals surface area (Å²) in [6, 6.07) is 17.8. The van der Waals surface area contributed by atoms with E-state index < -0.39 is 0 Å². The Labute approximate surface area is 170 Å². The van der Waals surface area contributed by atoms with Crippen LogP contribution in [-0.2, 0) is 7.05 Å². The fourth-order valence-corrected chi connectivity index (χ4v) is 3.31. The van der Waals surface area contributed by atoms with Gasteiger partial charge in [-0.05, 0) is 60.7 Å². The Kier molecular flexibility index (Phi) is 4.28. The Bertz CT molecular complexity index is 1360. The third-order valence-corrected chi connectivity index (χ3v) is 4.80. The number of aryl methyl sites for hydroxylation is 1. The van der Waals surface area contributed by atoms with E-state index in [2.05, 4.69) is 10.3 Å². The van der Waals surface area contributed by atoms with Crippen molar-refractivity contribution < 1.29 is 8.78 Å². The first-order chi connectivity index (χ1) is 14.6. The van der Waals surface area contributed by atoms with E-state index in [1.807, 2.05) is 24.4 Å². The van der Waals surface area contributed by atoms with Gasteiger partial charge in [-0.15, -0.1) is 5.10 Å². The number of aromatic nitrogens is 5. The maximum atomic E-state index is 13.5. The summed E-state index contributed by atoms with van der Waals surface area (Å²) < 4.78 is 28.5. The Balaban J connectivity index is 1.73. The zero-order valence-electron chi connectivity index (χ0n) is 15.9. The molecule has 0 radical (unpaired) electrons. The summed E-state index contributed by atoms with van der Waals surface area (Å²) in [6.45, 7) is 0. The molecule has 30 heavy (non-hydrogen) atoms. The van der Waals surface area contributed by atoms with Crippen molar-refractivity contribution >= 4 is 11.0 Å². The number of halogens is 2. The standard InChI is InChI=1S/C23H15F2N5/c1-30-13-21(28-29-30)16-6-11-19-20(12-16)27-23(15-4-9-18(25)10-5-15)22(26-19)14-2-7-17(24)8-3-14/h2-13H,1H3. The minimum absolute atomic E-state index is 0.329. The SMILES string of the molecule is Cn1cc(-c2ccc3nc(-c4ccc(F)cc4)c(-c4ccc(F)cc4)nc3c2)nn1. The van der Waals surface area contributed by atoms with Crippen LogP contribution in [0.1, 0.15) is 0 Å². The molecule has 5 aromatic rings. The average Bonchev–Trinajstić information content (AvgIpc) is 3.20. The minimum Gasteiger partial charge on any atom is -0.255 e. The molecule has 7 heteroatoms. The van der Waals surface area contributed by atoms with E-state index in [4.69, 9.17) is 9.97 Å². The van der Waals surface area contributed by atoms with Crippen molar-refractivity contribution in [1.82, 2.24) is 25.0 Å². The highest BCUT2D eigenvalue weighted by Crippen LogP contribution is 2.32. The molecule has 0 saturated heterocycles. The Hall–Kier alpha value is -4.00. The molecule has 0 amide bonds. The van der Waals surface area contributed by atoms with Gasteiger partial charge in [-0.2, -0.15) is 0 Å². The molecule has 5 nitrogen and oxygen atoms in total. The van der Waals surface area contributed by atoms with Crippen molar-refractivity contribution in [1.29, 1.82) is 0 Å². The predicted molar refractivity (Wildman–Crippen MR) is 110 cm³/mol. The molecule has 0 aliphatic carbocycles. The first-order valence-corrected chi connectivity index (χ1v) is 9.27. The van der Waals surface area contributed by atoms with E-state index in [1.54, 1.807) is 36.0 Å². The highest BCUT2D eigenvalue weighted by Gasteiger charge is 2.15. The molecule has 0 N–H and O–H groups in total. The molecular weight excluding hydrogens is 384 g/mol. The third-order valence-electron chi connectivity index (χ3n) is 4.80. The van der Waals surface area contributed by atoms with Crippen molar-refractivity contribution in [2.75, 3.05) is 0 Å². The van der Waals surface area contributed by atoms with Crippen molar-refractivity contribution in [3.8, 4) is 33.8 Å². The molecule has 5 rings (SSSR count). The van der Waals surface area contributed by atoms with E-state index in [-0.39, 0.29) is 11.6 Å². The highest BCUT2D eigenvalue weighted by molar-refractivity contribution is 5.88. The summed E-state index contributed by atoms with van der Waals surface area (Å²) in [7, 11) is 1.80. The summed E-state index contributed by atoms with van der Waals surface area (Å²) >= 11 is 0. The van der Waals surface area contributed by atoms with Crippen LogP contribution < -0.4 is 0 Å². The number of benzene rings is 3. The quantitative estimate of drug-likeness (QED) is 0.427. The van der Waals surface area contributed by atoms with Gasteiger partial charge in [0.05, 0.1) is 28.6 Å². The van der Waals surface area contributed by atoms with Crippen LogP contribution in [0, 0.1) is 11.6 Å². The summed E-state index contributed by atoms with van der Waals surface area (Å²) in [4.78, 5) is 9.63. The largest absolute Gasteiger partial charge is 0.255 e. The number of nitrogens with zero attached hydrogens (tertiary/aromatic N) is 5. The van der Waals surface area contributed by atoms with Gasteiger partial charge >= 0.3 is 0 Å². The van der Waals surface area contributed by atoms with Gasteiger partial charge in [0, 0.05) is 23.7 Å². The van der Waals surface area contributed by atoms with Crippen LogP contribution in [0.2, 0.25) is 0 Å². The molecule has 146 valence electrons. The van der Waals surface area contributed by atoms with Crippen LogP contribution in [0.15, 0.2) is 72.9 Å². The second-order valence-corrected chi connectivity index (χ2v) is 6.92. The van der Waals surface area contributed by atoms with Crippen LogP contribution in [-0.4, -0.2) is 25.0 Å². The minimum atomic E-state index is -0.333. The van der Waals surface area contributed by atoms with Crippen molar-refractivity contribution in [3.05, 3.63) is 84.6 Å². The third kappa shape index (κ3) is 3.30. The van der Waals surface area contributed by atoms with Gasteiger partial charge in [0.1, 0.15) is 17.3 Å². The molecule has 0 saturated carbocycles. The van der Waals surface area contributed by atoms with E-state index >= 15 is 0 Å². The number of hydrogen-bond acceptors (Lipinski definition) is 4. The number of rotatable bonds is 3. The smallest absolute Gasteiger partial charge is 0.123 e. The fraction of sp³-hybridized carbons (Fsp3) is 0.0435. The lowest BCUT2D eigenvalue weighted by atomic mass is 10.0. The molecular formula is C23H15F2N5. The van der Waals surface area contributed by atoms with Gasteiger partial charge in [-0.25, -0.2) is 18.7 Å². The second-order valence-electron chi connectivity index (χ2n) is 6.92. The molecule has 0 atom stereocenters. The molecule has 0 spiro atoms. The van der Waals surface area contributed by atoms with E-state index in [9.17, 15) is 8.78 Å². The van der Waals surface area contributed by atoms with E-state index in [1.165, 1.54) is 24.3 Å². The molecule has 0 aliphatic rings. The lowest BCUT2D eigenvalue weighted by Crippen LogP contribution is -1.96. The summed E-state index contributed by atoms with van der Waals surface area (Å²) in [5.41, 5.74) is 5.58. The highest BCUT2D eigenvalue weighted by atomic mass is 19.1. The van der Waals surface area contributed by atoms with Crippen LogP contribution in [0.5, 0.6) is 0 Å². The summed E-state index contributed by atoms with van der Waals surface area (Å²) in [5, 5.41) is 8.12. The van der Waals surface area contributed by atoms with Gasteiger partial charge in [-0.3, -0.25) is 4.68 Å². The van der Waals surface area contributed by atoms with E-state index in [0.717, 1.165) is 22.4 Å². The number of fused-ring (bicyclic) bond motifs is 1. The first kappa shape index (κ1) is 18.1. The fourth-order valence-electron chi connectivity index (χ4n) is 3.31. The zero-order chi connectivity index (χ0) is 20.7. The maximum absolute atomic E-state index is 13.5.